The molecule has 2 rings (SSSR count). The quantitative estimate of drug-likeness (QED) is 0.879. The third kappa shape index (κ3) is 2.70. The van der Waals surface area contributed by atoms with E-state index in [1.807, 2.05) is 36.0 Å². The third-order valence-electron chi connectivity index (χ3n) is 3.04. The number of aromatic nitrogens is 2. The third-order valence-corrected chi connectivity index (χ3v) is 3.04. The number of rotatable bonds is 5. The number of nitrogens with zero attached hydrogens (tertiary/aromatic N) is 2. The number of unbranched alkanes of at least 4 members (excludes halogenated alkanes) is 1. The fraction of sp³-hybridized carbons (Fsp3) is 0.429. The van der Waals surface area contributed by atoms with Crippen molar-refractivity contribution in [3.05, 3.63) is 30.0 Å². The zero-order chi connectivity index (χ0) is 13.0. The molecule has 0 aliphatic heterocycles. The van der Waals surface area contributed by atoms with Crippen LogP contribution in [0.4, 0.5) is 0 Å². The molecule has 2 aromatic rings. The van der Waals surface area contributed by atoms with Gasteiger partial charge in [0.25, 0.3) is 0 Å². The Balaban J connectivity index is 2.06. The van der Waals surface area contributed by atoms with Gasteiger partial charge in [-0.25, -0.2) is 0 Å². The minimum atomic E-state index is 0.103. The Morgan fingerprint density at radius 3 is 2.94 bits per heavy atom. The lowest BCUT2D eigenvalue weighted by Gasteiger charge is -2.02. The number of carbonyl (C=O) groups is 1. The van der Waals surface area contributed by atoms with Crippen LogP contribution >= 0.6 is 0 Å². The molecule has 1 N–H and O–H groups in total. The molecular formula is C14H19N3O. The van der Waals surface area contributed by atoms with Crippen LogP contribution in [0.2, 0.25) is 0 Å². The molecule has 0 atom stereocenters. The molecule has 18 heavy (non-hydrogen) atoms. The van der Waals surface area contributed by atoms with Crippen molar-refractivity contribution in [2.24, 2.45) is 7.05 Å². The molecule has 1 aromatic carbocycles. The minimum Gasteiger partial charge on any atom is -0.350 e. The maximum Gasteiger partial charge on any atom is 0.220 e. The SMILES string of the molecule is CCCCC(=O)NCc1nn(C)c2ccccc12. The van der Waals surface area contributed by atoms with Crippen LogP contribution in [-0.2, 0) is 18.4 Å². The Labute approximate surface area is 107 Å². The number of nitrogens with one attached hydrogen (secondary N) is 1. The van der Waals surface area contributed by atoms with Crippen LogP contribution in [0, 0.1) is 0 Å². The molecule has 0 unspecified atom stereocenters. The van der Waals surface area contributed by atoms with Gasteiger partial charge in [-0.1, -0.05) is 31.5 Å². The lowest BCUT2D eigenvalue weighted by molar-refractivity contribution is -0.121. The summed E-state index contributed by atoms with van der Waals surface area (Å²) in [7, 11) is 1.92. The number of carbonyl (C=O) groups excluding carboxylic acids is 1. The second kappa shape index (κ2) is 5.67. The minimum absolute atomic E-state index is 0.103. The molecule has 0 bridgehead atoms. The van der Waals surface area contributed by atoms with E-state index in [1.54, 1.807) is 0 Å². The maximum absolute atomic E-state index is 11.6. The summed E-state index contributed by atoms with van der Waals surface area (Å²) in [6.45, 7) is 2.59. The molecule has 0 radical (unpaired) electrons. The average Bonchev–Trinajstić information content (AvgIpc) is 2.71. The maximum atomic E-state index is 11.6. The van der Waals surface area contributed by atoms with E-state index in [0.717, 1.165) is 29.4 Å². The summed E-state index contributed by atoms with van der Waals surface area (Å²) in [5, 5.41) is 8.48. The molecule has 0 aliphatic rings. The van der Waals surface area contributed by atoms with Crippen LogP contribution in [0.5, 0.6) is 0 Å². The number of para-hydroxylation sites is 1. The van der Waals surface area contributed by atoms with Crippen molar-refractivity contribution in [2.45, 2.75) is 32.7 Å². The van der Waals surface area contributed by atoms with E-state index < -0.39 is 0 Å². The molecule has 0 spiro atoms. The zero-order valence-corrected chi connectivity index (χ0v) is 10.9. The number of aryl methyl sites for hydroxylation is 1. The molecule has 1 heterocycles. The summed E-state index contributed by atoms with van der Waals surface area (Å²) in [4.78, 5) is 11.6. The van der Waals surface area contributed by atoms with E-state index in [0.29, 0.717) is 13.0 Å². The van der Waals surface area contributed by atoms with E-state index >= 15 is 0 Å². The standard InChI is InChI=1S/C14H19N3O/c1-3-4-9-14(18)15-10-12-11-7-5-6-8-13(11)17(2)16-12/h5-8H,3-4,9-10H2,1-2H3,(H,15,18). The molecule has 0 saturated heterocycles. The number of amides is 1. The van der Waals surface area contributed by atoms with Gasteiger partial charge in [0.2, 0.25) is 5.91 Å². The van der Waals surface area contributed by atoms with Gasteiger partial charge in [-0.15, -0.1) is 0 Å². The topological polar surface area (TPSA) is 46.9 Å². The van der Waals surface area contributed by atoms with Crippen molar-refractivity contribution < 1.29 is 4.79 Å². The van der Waals surface area contributed by atoms with Crippen molar-refractivity contribution in [2.75, 3.05) is 0 Å². The highest BCUT2D eigenvalue weighted by Gasteiger charge is 2.08. The lowest BCUT2D eigenvalue weighted by atomic mass is 10.2. The van der Waals surface area contributed by atoms with Gasteiger partial charge >= 0.3 is 0 Å². The second-order valence-electron chi connectivity index (χ2n) is 4.47. The molecule has 4 nitrogen and oxygen atoms in total. The van der Waals surface area contributed by atoms with Crippen molar-refractivity contribution in [3.63, 3.8) is 0 Å². The van der Waals surface area contributed by atoms with Gasteiger partial charge in [-0.2, -0.15) is 5.10 Å². The van der Waals surface area contributed by atoms with Gasteiger partial charge < -0.3 is 5.32 Å². The van der Waals surface area contributed by atoms with Crippen molar-refractivity contribution in [3.8, 4) is 0 Å². The zero-order valence-electron chi connectivity index (χ0n) is 10.9. The van der Waals surface area contributed by atoms with Crippen molar-refractivity contribution in [1.82, 2.24) is 15.1 Å². The first-order valence-corrected chi connectivity index (χ1v) is 6.39. The van der Waals surface area contributed by atoms with Gasteiger partial charge in [-0.3, -0.25) is 9.48 Å². The highest BCUT2D eigenvalue weighted by atomic mass is 16.1. The summed E-state index contributed by atoms with van der Waals surface area (Å²) < 4.78 is 1.85. The van der Waals surface area contributed by atoms with Gasteiger partial charge in [0, 0.05) is 18.9 Å². The Morgan fingerprint density at radius 1 is 1.39 bits per heavy atom. The summed E-state index contributed by atoms with van der Waals surface area (Å²) >= 11 is 0. The Kier molecular flexibility index (Phi) is 3.97. The highest BCUT2D eigenvalue weighted by molar-refractivity contribution is 5.82. The van der Waals surface area contributed by atoms with E-state index in [-0.39, 0.29) is 5.91 Å². The van der Waals surface area contributed by atoms with Crippen LogP contribution in [0.15, 0.2) is 24.3 Å². The van der Waals surface area contributed by atoms with Gasteiger partial charge in [-0.05, 0) is 12.5 Å². The lowest BCUT2D eigenvalue weighted by Crippen LogP contribution is -2.22. The molecule has 4 heteroatoms. The van der Waals surface area contributed by atoms with Crippen LogP contribution in [0.3, 0.4) is 0 Å². The average molecular weight is 245 g/mol. The van der Waals surface area contributed by atoms with E-state index in [9.17, 15) is 4.79 Å². The smallest absolute Gasteiger partial charge is 0.220 e. The number of hydrogen-bond donors (Lipinski definition) is 1. The highest BCUT2D eigenvalue weighted by Crippen LogP contribution is 2.17. The molecule has 96 valence electrons. The predicted molar refractivity (Wildman–Crippen MR) is 72.1 cm³/mol. The molecule has 1 amide bonds. The summed E-state index contributed by atoms with van der Waals surface area (Å²) in [5.74, 6) is 0.103. The predicted octanol–water partition coefficient (Wildman–Crippen LogP) is 2.38. The fourth-order valence-electron chi connectivity index (χ4n) is 2.03. The molecular weight excluding hydrogens is 226 g/mol. The molecule has 0 saturated carbocycles. The number of fused-ring (bicyclic) bond motifs is 1. The van der Waals surface area contributed by atoms with E-state index in [1.165, 1.54) is 0 Å². The summed E-state index contributed by atoms with van der Waals surface area (Å²) in [6, 6.07) is 8.06. The van der Waals surface area contributed by atoms with Gasteiger partial charge in [0.05, 0.1) is 17.8 Å². The molecule has 0 aliphatic carbocycles. The first-order valence-electron chi connectivity index (χ1n) is 6.39. The van der Waals surface area contributed by atoms with Crippen molar-refractivity contribution in [1.29, 1.82) is 0 Å². The van der Waals surface area contributed by atoms with Gasteiger partial charge in [0.1, 0.15) is 0 Å². The summed E-state index contributed by atoms with van der Waals surface area (Å²) in [6.07, 6.45) is 2.58. The largest absolute Gasteiger partial charge is 0.350 e. The Hall–Kier alpha value is -1.84. The summed E-state index contributed by atoms with van der Waals surface area (Å²) in [5.41, 5.74) is 2.02. The second-order valence-corrected chi connectivity index (χ2v) is 4.47. The number of hydrogen-bond acceptors (Lipinski definition) is 2. The van der Waals surface area contributed by atoms with Crippen LogP contribution in [0.25, 0.3) is 10.9 Å². The Morgan fingerprint density at radius 2 is 2.17 bits per heavy atom. The number of benzene rings is 1. The van der Waals surface area contributed by atoms with Crippen molar-refractivity contribution >= 4 is 16.8 Å². The molecule has 1 aromatic heterocycles. The first-order chi connectivity index (χ1) is 8.72. The van der Waals surface area contributed by atoms with Crippen LogP contribution < -0.4 is 5.32 Å². The normalized spacial score (nSPS) is 10.8. The fourth-order valence-corrected chi connectivity index (χ4v) is 2.03. The van der Waals surface area contributed by atoms with E-state index in [4.69, 9.17) is 0 Å². The first kappa shape index (κ1) is 12.6. The molecule has 0 fully saturated rings. The Bertz CT molecular complexity index is 545. The van der Waals surface area contributed by atoms with Crippen LogP contribution in [-0.4, -0.2) is 15.7 Å². The van der Waals surface area contributed by atoms with E-state index in [2.05, 4.69) is 17.3 Å². The van der Waals surface area contributed by atoms with Crippen LogP contribution in [0.1, 0.15) is 31.9 Å². The van der Waals surface area contributed by atoms with Gasteiger partial charge in [0.15, 0.2) is 0 Å². The monoisotopic (exact) mass is 245 g/mol.